The topological polar surface area (TPSA) is 110 Å². The van der Waals surface area contributed by atoms with E-state index in [9.17, 15) is 9.59 Å². The fourth-order valence-electron chi connectivity index (χ4n) is 2.48. The second kappa shape index (κ2) is 9.93. The van der Waals surface area contributed by atoms with Crippen molar-refractivity contribution < 1.29 is 24.2 Å². The summed E-state index contributed by atoms with van der Waals surface area (Å²) in [4.78, 5) is 22.5. The predicted molar refractivity (Wildman–Crippen MR) is 109 cm³/mol. The molecule has 2 rings (SSSR count). The Morgan fingerprint density at radius 1 is 1.46 bits per heavy atom. The number of hydrogen-bond acceptors (Lipinski definition) is 7. The summed E-state index contributed by atoms with van der Waals surface area (Å²) in [5.74, 6) is -0.183. The van der Waals surface area contributed by atoms with E-state index < -0.39 is 11.2 Å². The highest BCUT2D eigenvalue weighted by Gasteiger charge is 2.32. The summed E-state index contributed by atoms with van der Waals surface area (Å²) in [6.45, 7) is 7.65. The van der Waals surface area contributed by atoms with E-state index in [-0.39, 0.29) is 23.6 Å². The molecule has 0 bridgehead atoms. The van der Waals surface area contributed by atoms with Gasteiger partial charge in [0.15, 0.2) is 16.7 Å². The molecule has 1 fully saturated rings. The first-order chi connectivity index (χ1) is 13.3. The molecule has 1 heterocycles. The summed E-state index contributed by atoms with van der Waals surface area (Å²) in [6, 6.07) is 3.68. The molecule has 1 saturated heterocycles. The number of amides is 1. The molecular weight excluding hydrogens is 382 g/mol. The summed E-state index contributed by atoms with van der Waals surface area (Å²) < 4.78 is 11.3. The van der Waals surface area contributed by atoms with E-state index in [1.54, 1.807) is 19.3 Å². The van der Waals surface area contributed by atoms with Gasteiger partial charge < -0.3 is 19.9 Å². The summed E-state index contributed by atoms with van der Waals surface area (Å²) in [5.41, 5.74) is 1.65. The number of nitrogens with one attached hydrogen (secondary N) is 1. The number of benzene rings is 1. The highest BCUT2D eigenvalue weighted by molar-refractivity contribution is 8.15. The Bertz CT molecular complexity index is 820. The molecule has 8 nitrogen and oxygen atoms in total. The van der Waals surface area contributed by atoms with Crippen molar-refractivity contribution in [1.29, 1.82) is 0 Å². The van der Waals surface area contributed by atoms with E-state index in [0.717, 1.165) is 22.9 Å². The average Bonchev–Trinajstić information content (AvgIpc) is 2.95. The lowest BCUT2D eigenvalue weighted by molar-refractivity contribution is -0.138. The molecule has 1 aromatic rings. The molecule has 1 aromatic carbocycles. The van der Waals surface area contributed by atoms with Gasteiger partial charge in [-0.15, -0.1) is 11.7 Å². The van der Waals surface area contributed by atoms with E-state index in [0.29, 0.717) is 17.9 Å². The van der Waals surface area contributed by atoms with Crippen molar-refractivity contribution in [1.82, 2.24) is 5.32 Å². The maximum Gasteiger partial charge on any atom is 0.305 e. The molecule has 0 aromatic heterocycles. The molecule has 0 saturated carbocycles. The Hall–Kier alpha value is -2.81. The van der Waals surface area contributed by atoms with Crippen molar-refractivity contribution in [2.75, 3.05) is 7.11 Å². The Morgan fingerprint density at radius 2 is 2.21 bits per heavy atom. The van der Waals surface area contributed by atoms with Gasteiger partial charge in [0.2, 0.25) is 5.91 Å². The maximum absolute atomic E-state index is 11.7. The quantitative estimate of drug-likeness (QED) is 0.371. The van der Waals surface area contributed by atoms with Gasteiger partial charge >= 0.3 is 5.97 Å². The van der Waals surface area contributed by atoms with Gasteiger partial charge in [0.1, 0.15) is 5.25 Å². The van der Waals surface area contributed by atoms with Gasteiger partial charge in [0, 0.05) is 5.56 Å². The molecule has 0 radical (unpaired) electrons. The molecule has 1 aliphatic heterocycles. The molecule has 9 heteroatoms. The number of carboxylic acids is 1. The van der Waals surface area contributed by atoms with E-state index >= 15 is 0 Å². The minimum atomic E-state index is -1.04. The number of carbonyl (C=O) groups excluding carboxylic acids is 1. The van der Waals surface area contributed by atoms with Crippen molar-refractivity contribution in [2.45, 2.75) is 38.0 Å². The zero-order chi connectivity index (χ0) is 20.7. The van der Waals surface area contributed by atoms with Gasteiger partial charge in [-0.05, 0) is 38.0 Å². The molecule has 1 aliphatic rings. The lowest BCUT2D eigenvalue weighted by atomic mass is 10.1. The second-order valence-electron chi connectivity index (χ2n) is 6.21. The first-order valence-electron chi connectivity index (χ1n) is 8.62. The zero-order valence-electron chi connectivity index (χ0n) is 16.0. The average molecular weight is 405 g/mol. The van der Waals surface area contributed by atoms with Crippen LogP contribution in [0.25, 0.3) is 0 Å². The predicted octanol–water partition coefficient (Wildman–Crippen LogP) is 2.61. The Balaban J connectivity index is 2.21. The normalized spacial score (nSPS) is 17.9. The van der Waals surface area contributed by atoms with Crippen LogP contribution in [-0.2, 0) is 16.0 Å². The van der Waals surface area contributed by atoms with Crippen LogP contribution in [0.15, 0.2) is 35.0 Å². The fourth-order valence-corrected chi connectivity index (χ4v) is 3.39. The number of carbonyl (C=O) groups is 2. The number of carboxylic acid groups (broad SMARTS) is 1. The molecule has 150 valence electrons. The SMILES string of the molecule is C=CCc1cc(C=NN=C2NC(=O)C(CC(=O)O)S2)cc(OC)c1OC(C)C. The summed E-state index contributed by atoms with van der Waals surface area (Å²) in [6.07, 6.45) is 3.62. The van der Waals surface area contributed by atoms with E-state index in [2.05, 4.69) is 22.1 Å². The van der Waals surface area contributed by atoms with Gasteiger partial charge in [0.25, 0.3) is 0 Å². The molecule has 2 N–H and O–H groups in total. The lowest BCUT2D eigenvalue weighted by Crippen LogP contribution is -2.26. The third kappa shape index (κ3) is 5.85. The van der Waals surface area contributed by atoms with Crippen LogP contribution < -0.4 is 14.8 Å². The van der Waals surface area contributed by atoms with Crippen molar-refractivity contribution in [2.24, 2.45) is 10.2 Å². The highest BCUT2D eigenvalue weighted by Crippen LogP contribution is 2.34. The Kier molecular flexibility index (Phi) is 7.62. The van der Waals surface area contributed by atoms with Crippen molar-refractivity contribution in [3.8, 4) is 11.5 Å². The number of allylic oxidation sites excluding steroid dienone is 1. The van der Waals surface area contributed by atoms with Gasteiger partial charge in [-0.3, -0.25) is 9.59 Å². The van der Waals surface area contributed by atoms with Crippen LogP contribution in [-0.4, -0.2) is 46.8 Å². The number of amidine groups is 1. The van der Waals surface area contributed by atoms with E-state index in [1.807, 2.05) is 19.9 Å². The smallest absolute Gasteiger partial charge is 0.305 e. The largest absolute Gasteiger partial charge is 0.493 e. The number of aliphatic carboxylic acids is 1. The number of ether oxygens (including phenoxy) is 2. The third-order valence-electron chi connectivity index (χ3n) is 3.58. The summed E-state index contributed by atoms with van der Waals surface area (Å²) >= 11 is 1.05. The van der Waals surface area contributed by atoms with Crippen molar-refractivity contribution in [3.05, 3.63) is 35.9 Å². The van der Waals surface area contributed by atoms with E-state index in [4.69, 9.17) is 14.6 Å². The van der Waals surface area contributed by atoms with Gasteiger partial charge in [-0.1, -0.05) is 17.8 Å². The van der Waals surface area contributed by atoms with Crippen LogP contribution in [0.1, 0.15) is 31.4 Å². The molecule has 1 amide bonds. The van der Waals surface area contributed by atoms with Crippen molar-refractivity contribution in [3.63, 3.8) is 0 Å². The third-order valence-corrected chi connectivity index (χ3v) is 4.66. The van der Waals surface area contributed by atoms with Gasteiger partial charge in [-0.2, -0.15) is 5.10 Å². The van der Waals surface area contributed by atoms with E-state index in [1.165, 1.54) is 6.21 Å². The highest BCUT2D eigenvalue weighted by atomic mass is 32.2. The number of thioether (sulfide) groups is 1. The molecule has 0 aliphatic carbocycles. The zero-order valence-corrected chi connectivity index (χ0v) is 16.8. The Morgan fingerprint density at radius 3 is 2.82 bits per heavy atom. The number of rotatable bonds is 9. The number of nitrogens with zero attached hydrogens (tertiary/aromatic N) is 2. The molecular formula is C19H23N3O5S. The molecule has 1 atom stereocenters. The van der Waals surface area contributed by atoms with Gasteiger partial charge in [-0.25, -0.2) is 0 Å². The van der Waals surface area contributed by atoms with Crippen LogP contribution >= 0.6 is 11.8 Å². The lowest BCUT2D eigenvalue weighted by Gasteiger charge is -2.17. The van der Waals surface area contributed by atoms with Crippen LogP contribution in [0.5, 0.6) is 11.5 Å². The first-order valence-corrected chi connectivity index (χ1v) is 9.50. The van der Waals surface area contributed by atoms with Crippen LogP contribution in [0.3, 0.4) is 0 Å². The monoisotopic (exact) mass is 405 g/mol. The molecule has 1 unspecified atom stereocenters. The fraction of sp³-hybridized carbons (Fsp3) is 0.368. The van der Waals surface area contributed by atoms with Crippen molar-refractivity contribution >= 4 is 35.0 Å². The summed E-state index contributed by atoms with van der Waals surface area (Å²) in [7, 11) is 1.56. The van der Waals surface area contributed by atoms with Crippen LogP contribution in [0.4, 0.5) is 0 Å². The molecule has 28 heavy (non-hydrogen) atoms. The minimum Gasteiger partial charge on any atom is -0.493 e. The number of hydrogen-bond donors (Lipinski definition) is 2. The van der Waals surface area contributed by atoms with Gasteiger partial charge in [0.05, 0.1) is 25.8 Å². The summed E-state index contributed by atoms with van der Waals surface area (Å²) in [5, 5.41) is 18.9. The Labute approximate surface area is 167 Å². The molecule has 0 spiro atoms. The first kappa shape index (κ1) is 21.5. The minimum absolute atomic E-state index is 0.00914. The standard InChI is InChI=1S/C19H23N3O5S/c1-5-6-13-7-12(8-14(26-4)17(13)27-11(2)3)10-20-22-19-21-18(25)15(28-19)9-16(23)24/h5,7-8,10-11,15H,1,6,9H2,2-4H3,(H,23,24)(H,21,22,25). The maximum atomic E-state index is 11.7. The number of methoxy groups -OCH3 is 1. The van der Waals surface area contributed by atoms with Crippen LogP contribution in [0.2, 0.25) is 0 Å². The van der Waals surface area contributed by atoms with Crippen LogP contribution in [0, 0.1) is 0 Å². The second-order valence-corrected chi connectivity index (χ2v) is 7.41.